The molecule has 1 aliphatic carbocycles. The second-order valence-electron chi connectivity index (χ2n) is 5.02. The summed E-state index contributed by atoms with van der Waals surface area (Å²) in [6.07, 6.45) is 5.57. The molecule has 1 aromatic carbocycles. The zero-order valence-electron chi connectivity index (χ0n) is 10.2. The molecule has 3 heteroatoms. The van der Waals surface area contributed by atoms with Gasteiger partial charge in [-0.1, -0.05) is 31.4 Å². The van der Waals surface area contributed by atoms with Gasteiger partial charge in [-0.05, 0) is 31.2 Å². The summed E-state index contributed by atoms with van der Waals surface area (Å²) in [6, 6.07) is 2.87. The number of benzene rings is 1. The normalized spacial score (nSPS) is 19.3. The molecule has 1 nitrogen and oxygen atoms in total. The van der Waals surface area contributed by atoms with Gasteiger partial charge in [0.15, 0.2) is 11.6 Å². The Hall–Kier alpha value is -0.960. The first-order valence-electron chi connectivity index (χ1n) is 6.31. The maximum atomic E-state index is 13.8. The van der Waals surface area contributed by atoms with Crippen LogP contribution in [0.5, 0.6) is 0 Å². The van der Waals surface area contributed by atoms with E-state index in [1.165, 1.54) is 6.42 Å². The van der Waals surface area contributed by atoms with Crippen molar-refractivity contribution in [3.8, 4) is 0 Å². The van der Waals surface area contributed by atoms with Crippen LogP contribution in [0.4, 0.5) is 8.78 Å². The lowest BCUT2D eigenvalue weighted by molar-refractivity contribution is 0.301. The molecule has 1 fully saturated rings. The Morgan fingerprint density at radius 2 is 1.76 bits per heavy atom. The second-order valence-corrected chi connectivity index (χ2v) is 5.02. The summed E-state index contributed by atoms with van der Waals surface area (Å²) in [4.78, 5) is 0. The fraction of sp³-hybridized carbons (Fsp3) is 0.571. The summed E-state index contributed by atoms with van der Waals surface area (Å²) in [5, 5.41) is 0. The van der Waals surface area contributed by atoms with Crippen molar-refractivity contribution in [1.29, 1.82) is 0 Å². The smallest absolute Gasteiger partial charge is 0.163 e. The lowest BCUT2D eigenvalue weighted by Gasteiger charge is -2.28. The molecule has 1 aliphatic rings. The first-order valence-corrected chi connectivity index (χ1v) is 6.31. The number of hydrogen-bond donors (Lipinski definition) is 1. The van der Waals surface area contributed by atoms with Crippen molar-refractivity contribution in [1.82, 2.24) is 0 Å². The minimum absolute atomic E-state index is 0.292. The fourth-order valence-electron chi connectivity index (χ4n) is 2.67. The van der Waals surface area contributed by atoms with Gasteiger partial charge in [0.2, 0.25) is 0 Å². The van der Waals surface area contributed by atoms with Gasteiger partial charge in [0.1, 0.15) is 0 Å². The number of aryl methyl sites for hydroxylation is 1. The molecule has 1 unspecified atom stereocenters. The molecule has 94 valence electrons. The van der Waals surface area contributed by atoms with Crippen molar-refractivity contribution in [3.63, 3.8) is 0 Å². The first kappa shape index (κ1) is 12.5. The summed E-state index contributed by atoms with van der Waals surface area (Å²) < 4.78 is 27.3. The van der Waals surface area contributed by atoms with Crippen LogP contribution >= 0.6 is 0 Å². The highest BCUT2D eigenvalue weighted by Gasteiger charge is 2.25. The predicted octanol–water partition coefficient (Wildman–Crippen LogP) is 3.85. The van der Waals surface area contributed by atoms with E-state index in [1.54, 1.807) is 19.1 Å². The summed E-state index contributed by atoms with van der Waals surface area (Å²) in [7, 11) is 0. The van der Waals surface area contributed by atoms with E-state index in [9.17, 15) is 8.78 Å². The quantitative estimate of drug-likeness (QED) is 0.833. The van der Waals surface area contributed by atoms with Gasteiger partial charge in [-0.25, -0.2) is 8.78 Å². The van der Waals surface area contributed by atoms with E-state index >= 15 is 0 Å². The Labute approximate surface area is 101 Å². The van der Waals surface area contributed by atoms with Crippen LogP contribution in [0.25, 0.3) is 0 Å². The van der Waals surface area contributed by atoms with Gasteiger partial charge in [-0.2, -0.15) is 0 Å². The van der Waals surface area contributed by atoms with E-state index in [4.69, 9.17) is 5.73 Å². The fourth-order valence-corrected chi connectivity index (χ4v) is 2.67. The van der Waals surface area contributed by atoms with E-state index in [0.29, 0.717) is 17.0 Å². The van der Waals surface area contributed by atoms with Crippen LogP contribution in [0.2, 0.25) is 0 Å². The van der Waals surface area contributed by atoms with Crippen LogP contribution < -0.4 is 5.73 Å². The highest BCUT2D eigenvalue weighted by molar-refractivity contribution is 5.28. The Balaban J connectivity index is 2.24. The molecule has 1 atom stereocenters. The maximum absolute atomic E-state index is 13.8. The Morgan fingerprint density at radius 1 is 1.12 bits per heavy atom. The van der Waals surface area contributed by atoms with Gasteiger partial charge in [0.25, 0.3) is 0 Å². The van der Waals surface area contributed by atoms with Crippen LogP contribution in [0.15, 0.2) is 12.1 Å². The van der Waals surface area contributed by atoms with Gasteiger partial charge >= 0.3 is 0 Å². The Kier molecular flexibility index (Phi) is 3.77. The largest absolute Gasteiger partial charge is 0.324 e. The minimum atomic E-state index is -0.761. The summed E-state index contributed by atoms with van der Waals surface area (Å²) in [5.41, 5.74) is 6.75. The molecule has 0 heterocycles. The summed E-state index contributed by atoms with van der Waals surface area (Å²) in [5.74, 6) is -1.22. The van der Waals surface area contributed by atoms with Crippen LogP contribution in [0.1, 0.15) is 49.3 Å². The van der Waals surface area contributed by atoms with Gasteiger partial charge in [-0.3, -0.25) is 0 Å². The van der Waals surface area contributed by atoms with Crippen molar-refractivity contribution in [2.45, 2.75) is 45.1 Å². The average Bonchev–Trinajstić information content (AvgIpc) is 2.36. The van der Waals surface area contributed by atoms with Crippen molar-refractivity contribution in [2.24, 2.45) is 11.7 Å². The third-order valence-electron chi connectivity index (χ3n) is 3.82. The van der Waals surface area contributed by atoms with Gasteiger partial charge in [0.05, 0.1) is 0 Å². The molecular weight excluding hydrogens is 220 g/mol. The SMILES string of the molecule is Cc1ccc(C(N)C2CCCCC2)c(F)c1F. The molecule has 1 saturated carbocycles. The average molecular weight is 239 g/mol. The number of hydrogen-bond acceptors (Lipinski definition) is 1. The highest BCUT2D eigenvalue weighted by atomic mass is 19.2. The van der Waals surface area contributed by atoms with Crippen LogP contribution in [-0.2, 0) is 0 Å². The molecule has 2 N–H and O–H groups in total. The van der Waals surface area contributed by atoms with Crippen molar-refractivity contribution in [3.05, 3.63) is 34.9 Å². The number of rotatable bonds is 2. The molecule has 1 aromatic rings. The monoisotopic (exact) mass is 239 g/mol. The lowest BCUT2D eigenvalue weighted by atomic mass is 9.81. The third kappa shape index (κ3) is 2.49. The Morgan fingerprint density at radius 3 is 2.41 bits per heavy atom. The highest BCUT2D eigenvalue weighted by Crippen LogP contribution is 2.34. The zero-order chi connectivity index (χ0) is 12.4. The molecule has 17 heavy (non-hydrogen) atoms. The molecule has 0 aliphatic heterocycles. The Bertz CT molecular complexity index is 397. The van der Waals surface area contributed by atoms with E-state index < -0.39 is 11.6 Å². The standard InChI is InChI=1S/C14H19F2N/c1-9-7-8-11(13(16)12(9)15)14(17)10-5-3-2-4-6-10/h7-8,10,14H,2-6,17H2,1H3. The van der Waals surface area contributed by atoms with Crippen LogP contribution in [0.3, 0.4) is 0 Å². The second kappa shape index (κ2) is 5.13. The van der Waals surface area contributed by atoms with Gasteiger partial charge < -0.3 is 5.73 Å². The van der Waals surface area contributed by atoms with E-state index in [1.807, 2.05) is 0 Å². The zero-order valence-corrected chi connectivity index (χ0v) is 10.2. The van der Waals surface area contributed by atoms with Gasteiger partial charge in [-0.15, -0.1) is 0 Å². The first-order chi connectivity index (χ1) is 8.11. The number of halogens is 2. The van der Waals surface area contributed by atoms with Crippen molar-refractivity contribution in [2.75, 3.05) is 0 Å². The molecule has 2 rings (SSSR count). The van der Waals surface area contributed by atoms with E-state index in [0.717, 1.165) is 25.7 Å². The predicted molar refractivity (Wildman–Crippen MR) is 64.6 cm³/mol. The summed E-state index contributed by atoms with van der Waals surface area (Å²) >= 11 is 0. The maximum Gasteiger partial charge on any atom is 0.163 e. The molecule has 0 amide bonds. The molecular formula is C14H19F2N. The van der Waals surface area contributed by atoms with Crippen LogP contribution in [-0.4, -0.2) is 0 Å². The van der Waals surface area contributed by atoms with Crippen molar-refractivity contribution < 1.29 is 8.78 Å². The van der Waals surface area contributed by atoms with Crippen LogP contribution in [0, 0.1) is 24.5 Å². The van der Waals surface area contributed by atoms with Crippen molar-refractivity contribution >= 4 is 0 Å². The van der Waals surface area contributed by atoms with E-state index in [2.05, 4.69) is 0 Å². The molecule has 0 bridgehead atoms. The molecule has 0 spiro atoms. The summed E-state index contributed by atoms with van der Waals surface area (Å²) in [6.45, 7) is 1.56. The topological polar surface area (TPSA) is 26.0 Å². The lowest BCUT2D eigenvalue weighted by Crippen LogP contribution is -2.25. The van der Waals surface area contributed by atoms with Gasteiger partial charge in [0, 0.05) is 11.6 Å². The van der Waals surface area contributed by atoms with E-state index in [-0.39, 0.29) is 6.04 Å². The minimum Gasteiger partial charge on any atom is -0.324 e. The molecule has 0 radical (unpaired) electrons. The third-order valence-corrected chi connectivity index (χ3v) is 3.82. The molecule has 0 aromatic heterocycles. The number of nitrogens with two attached hydrogens (primary N) is 1. The molecule has 0 saturated heterocycles.